The van der Waals surface area contributed by atoms with Gasteiger partial charge in [0.1, 0.15) is 5.82 Å². The number of rotatable bonds is 4. The first kappa shape index (κ1) is 11.6. The zero-order valence-electron chi connectivity index (χ0n) is 9.80. The predicted octanol–water partition coefficient (Wildman–Crippen LogP) is 0.749. The second kappa shape index (κ2) is 4.99. The van der Waals surface area contributed by atoms with E-state index < -0.39 is 0 Å². The predicted molar refractivity (Wildman–Crippen MR) is 67.8 cm³/mol. The van der Waals surface area contributed by atoms with E-state index in [9.17, 15) is 0 Å². The highest BCUT2D eigenvalue weighted by Crippen LogP contribution is 2.22. The van der Waals surface area contributed by atoms with Gasteiger partial charge in [0, 0.05) is 31.5 Å². The number of hydrazine groups is 1. The highest BCUT2D eigenvalue weighted by molar-refractivity contribution is 5.48. The fourth-order valence-electron chi connectivity index (χ4n) is 1.86. The van der Waals surface area contributed by atoms with Crippen LogP contribution in [0.2, 0.25) is 0 Å². The van der Waals surface area contributed by atoms with Crippen molar-refractivity contribution >= 4 is 5.69 Å². The summed E-state index contributed by atoms with van der Waals surface area (Å²) >= 11 is 0. The third kappa shape index (κ3) is 2.46. The van der Waals surface area contributed by atoms with Crippen molar-refractivity contribution in [3.63, 3.8) is 0 Å². The zero-order chi connectivity index (χ0) is 12.3. The Kier molecular flexibility index (Phi) is 3.41. The first-order chi connectivity index (χ1) is 8.22. The first-order valence-corrected chi connectivity index (χ1v) is 5.49. The lowest BCUT2D eigenvalue weighted by Gasteiger charge is -2.17. The van der Waals surface area contributed by atoms with E-state index in [2.05, 4.69) is 10.4 Å². The number of benzene rings is 1. The largest absolute Gasteiger partial charge is 0.398 e. The molecule has 0 fully saturated rings. The number of nitrogen functional groups attached to an aromatic ring is 1. The quantitative estimate of drug-likeness (QED) is 0.412. The third-order valence-electron chi connectivity index (χ3n) is 2.88. The van der Waals surface area contributed by atoms with Gasteiger partial charge in [0.2, 0.25) is 0 Å². The lowest BCUT2D eigenvalue weighted by atomic mass is 10.0. The first-order valence-electron chi connectivity index (χ1n) is 5.49. The molecule has 5 N–H and O–H groups in total. The smallest absolute Gasteiger partial charge is 0.110 e. The molecule has 2 rings (SSSR count). The normalized spacial score (nSPS) is 12.6. The van der Waals surface area contributed by atoms with Gasteiger partial charge in [-0.05, 0) is 11.6 Å². The van der Waals surface area contributed by atoms with Gasteiger partial charge in [0.05, 0.1) is 6.04 Å². The Balaban J connectivity index is 2.23. The average molecular weight is 231 g/mol. The van der Waals surface area contributed by atoms with E-state index in [1.165, 1.54) is 0 Å². The number of nitrogens with one attached hydrogen (secondary N) is 1. The van der Waals surface area contributed by atoms with Crippen LogP contribution in [0.1, 0.15) is 17.4 Å². The Labute approximate surface area is 100 Å². The minimum atomic E-state index is -0.0303. The van der Waals surface area contributed by atoms with E-state index in [-0.39, 0.29) is 6.04 Å². The molecule has 5 heteroatoms. The van der Waals surface area contributed by atoms with Crippen molar-refractivity contribution in [2.75, 3.05) is 5.73 Å². The summed E-state index contributed by atoms with van der Waals surface area (Å²) in [7, 11) is 1.96. The maximum absolute atomic E-state index is 5.94. The van der Waals surface area contributed by atoms with E-state index in [1.807, 2.05) is 42.1 Å². The van der Waals surface area contributed by atoms with Crippen LogP contribution in [0.5, 0.6) is 0 Å². The molecule has 1 atom stereocenters. The van der Waals surface area contributed by atoms with Gasteiger partial charge in [-0.2, -0.15) is 0 Å². The molecule has 0 radical (unpaired) electrons. The van der Waals surface area contributed by atoms with Gasteiger partial charge in [0.25, 0.3) is 0 Å². The third-order valence-corrected chi connectivity index (χ3v) is 2.88. The summed E-state index contributed by atoms with van der Waals surface area (Å²) in [5.74, 6) is 6.57. The van der Waals surface area contributed by atoms with E-state index in [1.54, 1.807) is 6.20 Å². The zero-order valence-corrected chi connectivity index (χ0v) is 9.80. The maximum atomic E-state index is 5.94. The second-order valence-corrected chi connectivity index (χ2v) is 4.01. The number of aromatic nitrogens is 2. The molecule has 5 nitrogen and oxygen atoms in total. The van der Waals surface area contributed by atoms with Crippen molar-refractivity contribution in [3.8, 4) is 0 Å². The number of anilines is 1. The van der Waals surface area contributed by atoms with Crippen LogP contribution < -0.4 is 17.0 Å². The molecular weight excluding hydrogens is 214 g/mol. The monoisotopic (exact) mass is 231 g/mol. The molecule has 0 aliphatic heterocycles. The van der Waals surface area contributed by atoms with Crippen LogP contribution >= 0.6 is 0 Å². The van der Waals surface area contributed by atoms with Crippen molar-refractivity contribution in [1.29, 1.82) is 0 Å². The number of imidazole rings is 1. The summed E-state index contributed by atoms with van der Waals surface area (Å²) in [5.41, 5.74) is 10.5. The van der Waals surface area contributed by atoms with Crippen molar-refractivity contribution in [2.45, 2.75) is 12.5 Å². The number of nitrogens with zero attached hydrogens (tertiary/aromatic N) is 2. The Morgan fingerprint density at radius 1 is 1.41 bits per heavy atom. The van der Waals surface area contributed by atoms with Gasteiger partial charge in [-0.1, -0.05) is 18.2 Å². The second-order valence-electron chi connectivity index (χ2n) is 4.01. The number of para-hydroxylation sites is 1. The summed E-state index contributed by atoms with van der Waals surface area (Å²) in [5, 5.41) is 0. The van der Waals surface area contributed by atoms with E-state index >= 15 is 0 Å². The minimum absolute atomic E-state index is 0.0303. The number of hydrogen-bond donors (Lipinski definition) is 3. The lowest BCUT2D eigenvalue weighted by Crippen LogP contribution is -2.30. The van der Waals surface area contributed by atoms with Gasteiger partial charge in [-0.15, -0.1) is 0 Å². The van der Waals surface area contributed by atoms with Crippen molar-refractivity contribution < 1.29 is 0 Å². The minimum Gasteiger partial charge on any atom is -0.398 e. The molecule has 0 saturated carbocycles. The van der Waals surface area contributed by atoms with Crippen LogP contribution in [-0.2, 0) is 13.5 Å². The fourth-order valence-corrected chi connectivity index (χ4v) is 1.86. The Morgan fingerprint density at radius 2 is 2.18 bits per heavy atom. The standard InChI is InChI=1S/C12H17N5/c1-17-7-6-15-12(17)8-11(16-14)9-4-2-3-5-10(9)13/h2-7,11,16H,8,13-14H2,1H3. The summed E-state index contributed by atoms with van der Waals surface area (Å²) < 4.78 is 1.98. The van der Waals surface area contributed by atoms with Crippen molar-refractivity contribution in [2.24, 2.45) is 12.9 Å². The molecule has 90 valence electrons. The van der Waals surface area contributed by atoms with Gasteiger partial charge < -0.3 is 10.3 Å². The van der Waals surface area contributed by atoms with Crippen molar-refractivity contribution in [3.05, 3.63) is 48.0 Å². The van der Waals surface area contributed by atoms with Crippen LogP contribution in [0.15, 0.2) is 36.7 Å². The Bertz CT molecular complexity index is 491. The Morgan fingerprint density at radius 3 is 2.76 bits per heavy atom. The molecule has 0 amide bonds. The highest BCUT2D eigenvalue weighted by Gasteiger charge is 2.15. The van der Waals surface area contributed by atoms with E-state index in [4.69, 9.17) is 11.6 Å². The molecule has 2 aromatic rings. The number of nitrogens with two attached hydrogens (primary N) is 2. The van der Waals surface area contributed by atoms with E-state index in [0.29, 0.717) is 6.42 Å². The van der Waals surface area contributed by atoms with Gasteiger partial charge in [-0.3, -0.25) is 11.3 Å². The van der Waals surface area contributed by atoms with Gasteiger partial charge in [-0.25, -0.2) is 4.98 Å². The molecular formula is C12H17N5. The van der Waals surface area contributed by atoms with E-state index in [0.717, 1.165) is 17.1 Å². The number of aryl methyl sites for hydroxylation is 1. The molecule has 0 aliphatic carbocycles. The summed E-state index contributed by atoms with van der Waals surface area (Å²) in [6.45, 7) is 0. The topological polar surface area (TPSA) is 81.9 Å². The molecule has 0 saturated heterocycles. The SMILES string of the molecule is Cn1ccnc1CC(NN)c1ccccc1N. The molecule has 1 aromatic heterocycles. The van der Waals surface area contributed by atoms with Crippen LogP contribution in [0, 0.1) is 0 Å². The molecule has 1 aromatic carbocycles. The van der Waals surface area contributed by atoms with Gasteiger partial charge in [0.15, 0.2) is 0 Å². The summed E-state index contributed by atoms with van der Waals surface area (Å²) in [6.07, 6.45) is 4.39. The Hall–Kier alpha value is -1.85. The molecule has 1 heterocycles. The fraction of sp³-hybridized carbons (Fsp3) is 0.250. The molecule has 1 unspecified atom stereocenters. The molecule has 0 bridgehead atoms. The average Bonchev–Trinajstić information content (AvgIpc) is 2.73. The van der Waals surface area contributed by atoms with Crippen LogP contribution in [-0.4, -0.2) is 9.55 Å². The van der Waals surface area contributed by atoms with Gasteiger partial charge >= 0.3 is 0 Å². The number of hydrogen-bond acceptors (Lipinski definition) is 4. The van der Waals surface area contributed by atoms with Crippen LogP contribution in [0.25, 0.3) is 0 Å². The summed E-state index contributed by atoms with van der Waals surface area (Å²) in [6, 6.07) is 7.68. The molecule has 0 spiro atoms. The highest BCUT2D eigenvalue weighted by atomic mass is 15.2. The lowest BCUT2D eigenvalue weighted by molar-refractivity contribution is 0.531. The maximum Gasteiger partial charge on any atom is 0.110 e. The molecule has 0 aliphatic rings. The summed E-state index contributed by atoms with van der Waals surface area (Å²) in [4.78, 5) is 4.29. The van der Waals surface area contributed by atoms with Crippen LogP contribution in [0.3, 0.4) is 0 Å². The molecule has 17 heavy (non-hydrogen) atoms. The van der Waals surface area contributed by atoms with Crippen molar-refractivity contribution in [1.82, 2.24) is 15.0 Å². The van der Waals surface area contributed by atoms with Crippen LogP contribution in [0.4, 0.5) is 5.69 Å².